The monoisotopic (exact) mass is 594 g/mol. The Morgan fingerprint density at radius 3 is 2.57 bits per heavy atom. The van der Waals surface area contributed by atoms with Crippen LogP contribution in [0, 0.1) is 17.8 Å². The highest BCUT2D eigenvalue weighted by Gasteiger charge is 2.78. The van der Waals surface area contributed by atoms with Crippen molar-refractivity contribution in [2.24, 2.45) is 17.8 Å². The molecule has 0 radical (unpaired) electrons. The maximum atomic E-state index is 14.8. The van der Waals surface area contributed by atoms with Gasteiger partial charge in [-0.05, 0) is 44.2 Å². The number of aliphatic hydroxyl groups excluding tert-OH is 1. The fraction of sp³-hybridized carbons (Fsp3) is 0.581. The Hall–Kier alpha value is -3.18. The number of thioether (sulfide) groups is 1. The third-order valence-corrected chi connectivity index (χ3v) is 11.2. The van der Waals surface area contributed by atoms with Gasteiger partial charge >= 0.3 is 0 Å². The molecule has 3 aliphatic rings. The molecular weight excluding hydrogens is 552 g/mol. The van der Waals surface area contributed by atoms with Crippen LogP contribution in [0.15, 0.2) is 49.6 Å². The molecule has 6 atom stereocenters. The van der Waals surface area contributed by atoms with Crippen LogP contribution in [0.25, 0.3) is 11.0 Å². The summed E-state index contributed by atoms with van der Waals surface area (Å²) in [5, 5.41) is 19.1. The normalized spacial score (nSPS) is 28.8. The number of likely N-dealkylation sites (N-methyl/N-ethyl adjacent to an activating group) is 1. The number of amides is 3. The van der Waals surface area contributed by atoms with Crippen molar-refractivity contribution in [3.05, 3.63) is 49.6 Å². The average Bonchev–Trinajstić information content (AvgIpc) is 3.66. The Balaban J connectivity index is 1.59. The van der Waals surface area contributed by atoms with E-state index in [4.69, 9.17) is 0 Å². The van der Waals surface area contributed by atoms with Crippen molar-refractivity contribution in [3.8, 4) is 0 Å². The zero-order chi connectivity index (χ0) is 30.4. The minimum atomic E-state index is -0.838. The van der Waals surface area contributed by atoms with Crippen LogP contribution in [-0.2, 0) is 21.1 Å². The molecule has 0 aliphatic carbocycles. The number of hydrogen-bond donors (Lipinski definition) is 1. The Bertz CT molecular complexity index is 1390. The number of carbonyl (C=O) groups excluding carboxylic acids is 3. The van der Waals surface area contributed by atoms with Crippen LogP contribution >= 0.6 is 11.8 Å². The van der Waals surface area contributed by atoms with E-state index in [0.29, 0.717) is 19.4 Å². The molecule has 3 fully saturated rings. The van der Waals surface area contributed by atoms with E-state index in [1.54, 1.807) is 50.3 Å². The van der Waals surface area contributed by atoms with Gasteiger partial charge in [-0.25, -0.2) is 4.68 Å². The molecule has 5 rings (SSSR count). The van der Waals surface area contributed by atoms with E-state index >= 15 is 0 Å². The van der Waals surface area contributed by atoms with E-state index in [1.165, 1.54) is 0 Å². The van der Waals surface area contributed by atoms with E-state index < -0.39 is 33.4 Å². The molecular formula is C31H42N6O4S. The van der Waals surface area contributed by atoms with Gasteiger partial charge in [0.05, 0.1) is 34.7 Å². The first-order chi connectivity index (χ1) is 20.0. The van der Waals surface area contributed by atoms with Gasteiger partial charge in [0.1, 0.15) is 18.2 Å². The van der Waals surface area contributed by atoms with E-state index in [1.807, 2.05) is 38.1 Å². The van der Waals surface area contributed by atoms with E-state index in [-0.39, 0.29) is 43.5 Å². The smallest absolute Gasteiger partial charge is 0.248 e. The van der Waals surface area contributed by atoms with Gasteiger partial charge in [0.15, 0.2) is 0 Å². The Morgan fingerprint density at radius 1 is 1.19 bits per heavy atom. The third kappa shape index (κ3) is 4.74. The number of nitrogens with zero attached hydrogens (tertiary/aromatic N) is 6. The number of benzene rings is 1. The van der Waals surface area contributed by atoms with Crippen LogP contribution in [-0.4, -0.2) is 101 Å². The van der Waals surface area contributed by atoms with Gasteiger partial charge in [-0.2, -0.15) is 0 Å². The SMILES string of the molecule is C=CCN(C)C(=O)[C@H]1[C@H]2C(=O)N([C@@H](CO)CC(C)C)C(C(=O)N(CC=C)Cn3nnc4ccccc43)C23CC[C@]1(C)S3. The zero-order valence-corrected chi connectivity index (χ0v) is 25.8. The average molecular weight is 595 g/mol. The number of aromatic nitrogens is 3. The fourth-order valence-corrected chi connectivity index (χ4v) is 9.81. The largest absolute Gasteiger partial charge is 0.394 e. The summed E-state index contributed by atoms with van der Waals surface area (Å²) in [6.45, 7) is 14.3. The summed E-state index contributed by atoms with van der Waals surface area (Å²) in [4.78, 5) is 48.2. The first-order valence-corrected chi connectivity index (χ1v) is 15.5. The first-order valence-electron chi connectivity index (χ1n) is 14.7. The molecule has 10 nitrogen and oxygen atoms in total. The van der Waals surface area contributed by atoms with E-state index in [2.05, 4.69) is 30.4 Å². The summed E-state index contributed by atoms with van der Waals surface area (Å²) >= 11 is 1.63. The summed E-state index contributed by atoms with van der Waals surface area (Å²) in [7, 11) is 1.74. The molecule has 1 spiro atoms. The quantitative estimate of drug-likeness (QED) is 0.376. The molecule has 4 heterocycles. The molecule has 11 heteroatoms. The number of carbonyl (C=O) groups is 3. The molecule has 3 aliphatic heterocycles. The number of hydrogen-bond acceptors (Lipinski definition) is 7. The number of rotatable bonds is 12. The number of likely N-dealkylation sites (tertiary alicyclic amines) is 1. The number of aliphatic hydroxyl groups is 1. The molecule has 1 aromatic carbocycles. The van der Waals surface area contributed by atoms with Gasteiger partial charge in [0, 0.05) is 24.9 Å². The van der Waals surface area contributed by atoms with Crippen molar-refractivity contribution >= 4 is 40.5 Å². The number of para-hydroxylation sites is 1. The molecule has 1 aromatic heterocycles. The predicted molar refractivity (Wildman–Crippen MR) is 163 cm³/mol. The lowest BCUT2D eigenvalue weighted by Gasteiger charge is -2.40. The van der Waals surface area contributed by atoms with Crippen molar-refractivity contribution in [1.29, 1.82) is 0 Å². The second kappa shape index (κ2) is 11.5. The Labute approximate surface area is 251 Å². The Morgan fingerprint density at radius 2 is 1.90 bits per heavy atom. The maximum Gasteiger partial charge on any atom is 0.248 e. The summed E-state index contributed by atoms with van der Waals surface area (Å²) in [5.74, 6) is -1.57. The minimum Gasteiger partial charge on any atom is -0.394 e. The molecule has 226 valence electrons. The van der Waals surface area contributed by atoms with Crippen LogP contribution in [0.3, 0.4) is 0 Å². The minimum absolute atomic E-state index is 0.0979. The first kappa shape index (κ1) is 30.3. The van der Waals surface area contributed by atoms with Crippen molar-refractivity contribution in [2.45, 2.75) is 68.3 Å². The fourth-order valence-electron chi connectivity index (χ4n) is 7.48. The third-order valence-electron chi connectivity index (χ3n) is 9.23. The molecule has 42 heavy (non-hydrogen) atoms. The van der Waals surface area contributed by atoms with Gasteiger partial charge < -0.3 is 19.8 Å². The van der Waals surface area contributed by atoms with Crippen molar-refractivity contribution in [1.82, 2.24) is 29.7 Å². The highest BCUT2D eigenvalue weighted by molar-refractivity contribution is 8.02. The lowest BCUT2D eigenvalue weighted by Crippen LogP contribution is -2.57. The summed E-state index contributed by atoms with van der Waals surface area (Å²) in [6, 6.07) is 6.18. The number of fused-ring (bicyclic) bond motifs is 2. The lowest BCUT2D eigenvalue weighted by molar-refractivity contribution is -0.148. The second-order valence-electron chi connectivity index (χ2n) is 12.5. The Kier molecular flexibility index (Phi) is 8.28. The van der Waals surface area contributed by atoms with Gasteiger partial charge in [-0.1, -0.05) is 43.3 Å². The molecule has 0 saturated carbocycles. The van der Waals surface area contributed by atoms with Crippen LogP contribution < -0.4 is 0 Å². The molecule has 1 N–H and O–H groups in total. The zero-order valence-electron chi connectivity index (χ0n) is 25.0. The predicted octanol–water partition coefficient (Wildman–Crippen LogP) is 2.94. The van der Waals surface area contributed by atoms with Crippen molar-refractivity contribution in [2.75, 3.05) is 26.7 Å². The topological polar surface area (TPSA) is 112 Å². The van der Waals surface area contributed by atoms with Gasteiger partial charge in [-0.15, -0.1) is 30.0 Å². The molecule has 3 amide bonds. The summed E-state index contributed by atoms with van der Waals surface area (Å²) < 4.78 is 0.421. The summed E-state index contributed by atoms with van der Waals surface area (Å²) in [6.07, 6.45) is 5.25. The molecule has 2 unspecified atom stereocenters. The van der Waals surface area contributed by atoms with Crippen molar-refractivity contribution in [3.63, 3.8) is 0 Å². The highest BCUT2D eigenvalue weighted by Crippen LogP contribution is 2.72. The van der Waals surface area contributed by atoms with E-state index in [0.717, 1.165) is 17.5 Å². The molecule has 2 bridgehead atoms. The standard InChI is InChI=1S/C31H42N6O4S/c1-7-15-34(6)27(39)24-25-28(40)37(21(18-38)17-20(3)4)26(31(25)14-13-30(24,5)42-31)29(41)35(16-8-2)19-36-23-12-10-9-11-22(23)32-33-36/h7-12,20-21,24-26,38H,1-2,13-19H2,3-6H3/t21-,24-,25+,26?,30+,31?/m1/s1. The van der Waals surface area contributed by atoms with Crippen LogP contribution in [0.2, 0.25) is 0 Å². The highest BCUT2D eigenvalue weighted by atomic mass is 32.2. The van der Waals surface area contributed by atoms with E-state index in [9.17, 15) is 19.5 Å². The van der Waals surface area contributed by atoms with Gasteiger partial charge in [0.25, 0.3) is 0 Å². The van der Waals surface area contributed by atoms with Gasteiger partial charge in [-0.3, -0.25) is 14.4 Å². The van der Waals surface area contributed by atoms with Crippen molar-refractivity contribution < 1.29 is 19.5 Å². The maximum absolute atomic E-state index is 14.8. The van der Waals surface area contributed by atoms with Gasteiger partial charge in [0.2, 0.25) is 17.7 Å². The van der Waals surface area contributed by atoms with Crippen LogP contribution in [0.4, 0.5) is 0 Å². The summed E-state index contributed by atoms with van der Waals surface area (Å²) in [5.41, 5.74) is 1.52. The van der Waals surface area contributed by atoms with Crippen LogP contribution in [0.1, 0.15) is 40.0 Å². The molecule has 2 aromatic rings. The van der Waals surface area contributed by atoms with Crippen LogP contribution in [0.5, 0.6) is 0 Å². The lowest BCUT2D eigenvalue weighted by atomic mass is 9.66. The molecule has 3 saturated heterocycles. The second-order valence-corrected chi connectivity index (χ2v) is 14.4.